The van der Waals surface area contributed by atoms with Crippen molar-refractivity contribution in [2.75, 3.05) is 39.6 Å². The van der Waals surface area contributed by atoms with Gasteiger partial charge in [0.15, 0.2) is 37.6 Å². The van der Waals surface area contributed by atoms with Gasteiger partial charge in [0.05, 0.1) is 75.1 Å². The molecule has 0 radical (unpaired) electrons. The lowest BCUT2D eigenvalue weighted by molar-refractivity contribution is -0.398. The van der Waals surface area contributed by atoms with Gasteiger partial charge in [-0.15, -0.1) is 0 Å². The number of ether oxygens (including phenoxy) is 12. The summed E-state index contributed by atoms with van der Waals surface area (Å²) in [6.07, 6.45) is -45.3. The smallest absolute Gasteiger partial charge is 0.314 e. The van der Waals surface area contributed by atoms with Gasteiger partial charge in [0.2, 0.25) is 6.29 Å². The number of aliphatic hydroxyl groups excluding tert-OH is 18. The molecular weight excluding hydrogens is 1180 g/mol. The number of carbonyl (C=O) groups is 1. The van der Waals surface area contributed by atoms with Crippen molar-refractivity contribution in [3.8, 4) is 0 Å². The van der Waals surface area contributed by atoms with Crippen molar-refractivity contribution in [1.29, 1.82) is 0 Å². The van der Waals surface area contributed by atoms with Crippen molar-refractivity contribution in [3.63, 3.8) is 0 Å². The van der Waals surface area contributed by atoms with Crippen LogP contribution in [0, 0.1) is 28.1 Å². The summed E-state index contributed by atoms with van der Waals surface area (Å²) in [7, 11) is 0. The van der Waals surface area contributed by atoms with Crippen LogP contribution in [0.25, 0.3) is 0 Å². The quantitative estimate of drug-likeness (QED) is 0.0325. The molecule has 0 aromatic carbocycles. The molecule has 0 aromatic rings. The van der Waals surface area contributed by atoms with Gasteiger partial charge in [-0.1, -0.05) is 26.8 Å². The van der Waals surface area contributed by atoms with E-state index in [4.69, 9.17) is 56.8 Å². The van der Waals surface area contributed by atoms with E-state index in [0.29, 0.717) is 44.1 Å². The maximum atomic E-state index is 15.4. The third-order valence-electron chi connectivity index (χ3n) is 20.8. The van der Waals surface area contributed by atoms with Crippen LogP contribution in [-0.2, 0) is 61.6 Å². The Hall–Kier alpha value is -1.95. The molecule has 508 valence electrons. The van der Waals surface area contributed by atoms with Crippen LogP contribution in [0.15, 0.2) is 12.2 Å². The van der Waals surface area contributed by atoms with Crippen molar-refractivity contribution >= 4 is 5.97 Å². The molecule has 9 rings (SSSR count). The van der Waals surface area contributed by atoms with Gasteiger partial charge in [-0.3, -0.25) is 4.79 Å². The highest BCUT2D eigenvalue weighted by Crippen LogP contribution is 2.69. The van der Waals surface area contributed by atoms with E-state index in [-0.39, 0.29) is 31.6 Å². The van der Waals surface area contributed by atoms with Gasteiger partial charge < -0.3 is 149 Å². The minimum Gasteiger partial charge on any atom is -0.432 e. The second-order valence-corrected chi connectivity index (χ2v) is 26.5. The lowest BCUT2D eigenvalue weighted by Gasteiger charge is -2.66. The van der Waals surface area contributed by atoms with E-state index in [1.165, 1.54) is 0 Å². The van der Waals surface area contributed by atoms with Gasteiger partial charge in [-0.25, -0.2) is 0 Å². The van der Waals surface area contributed by atoms with Crippen LogP contribution >= 0.6 is 0 Å². The van der Waals surface area contributed by atoms with E-state index in [1.807, 2.05) is 0 Å². The SMILES string of the molecule is C=C(C)[C@]1(OC2OC(CO)C(O)C(OC3OC(CO)CC(O)C3O)[C@@H]2OC2OC(CO)C(O)C(O)C2O)CC[C@@H]2[C@@](C)(CC[C@H]3[C@@]2(C)CCC[C@@]3(C)C(=O)OC2OC(CO)C(O)C(OC3OC(CO)CC(O)C3O)C2OC2OC(CO)C(O)C(O)C2O)C1. The van der Waals surface area contributed by atoms with Gasteiger partial charge in [0.25, 0.3) is 0 Å². The van der Waals surface area contributed by atoms with E-state index in [1.54, 1.807) is 13.8 Å². The third-order valence-corrected chi connectivity index (χ3v) is 20.8. The zero-order valence-corrected chi connectivity index (χ0v) is 49.7. The van der Waals surface area contributed by atoms with Gasteiger partial charge in [0.1, 0.15) is 104 Å². The van der Waals surface area contributed by atoms with Gasteiger partial charge >= 0.3 is 5.97 Å². The summed E-state index contributed by atoms with van der Waals surface area (Å²) in [4.78, 5) is 15.4. The molecule has 6 heterocycles. The molecule has 0 aromatic heterocycles. The highest BCUT2D eigenvalue weighted by molar-refractivity contribution is 5.77. The van der Waals surface area contributed by atoms with Crippen molar-refractivity contribution in [2.45, 2.75) is 270 Å². The third kappa shape index (κ3) is 13.3. The Morgan fingerprint density at radius 2 is 0.864 bits per heavy atom. The molecule has 27 unspecified atom stereocenters. The Bertz CT molecular complexity index is 2310. The average Bonchev–Trinajstić information content (AvgIpc) is 1.13. The minimum atomic E-state index is -2.04. The largest absolute Gasteiger partial charge is 0.432 e. The van der Waals surface area contributed by atoms with Crippen molar-refractivity contribution in [3.05, 3.63) is 12.2 Å². The van der Waals surface area contributed by atoms with Gasteiger partial charge in [-0.05, 0) is 87.0 Å². The molecule has 31 heteroatoms. The zero-order chi connectivity index (χ0) is 64.3. The van der Waals surface area contributed by atoms with Gasteiger partial charge in [-0.2, -0.15) is 0 Å². The Labute approximate surface area is 507 Å². The summed E-state index contributed by atoms with van der Waals surface area (Å²) in [5.74, 6) is -1.38. The number of esters is 1. The number of hydrogen-bond donors (Lipinski definition) is 18. The fourth-order valence-electron chi connectivity index (χ4n) is 15.8. The Morgan fingerprint density at radius 1 is 0.455 bits per heavy atom. The molecule has 3 saturated carbocycles. The summed E-state index contributed by atoms with van der Waals surface area (Å²) in [5.41, 5.74) is -3.39. The molecule has 34 atom stereocenters. The standard InChI is InChI=1S/C57H94O31/c1-22(2)57(88-52-46(86-50-42(75)40(73)36(69)28(18-61)80-50)44(38(71)30(20-63)82-52)84-48-34(67)26(65)14-24(16-59)78-48)12-8-31-54(3,21-57)11-7-32-55(31,4)9-6-10-56(32,5)53(76)87-51-45(85-49-41(74)39(72)35(68)27(17-60)79-49)43(37(70)29(19-62)81-51)83-47-33(66)25(64)13-23(15-58)77-47/h23-52,58-75H,1,6-21H2,2-5H3/t23?,24?,25?,26?,27?,28?,29?,30?,31-,32+,33?,34?,35?,36?,37?,38?,39?,40?,41?,42?,43?,44?,45?,46+,47?,48?,49?,50?,51?,52?,54+,55+,56-,57+/m1/s1. The number of rotatable bonds is 19. The van der Waals surface area contributed by atoms with Crippen LogP contribution in [0.1, 0.15) is 91.9 Å². The zero-order valence-electron chi connectivity index (χ0n) is 49.7. The summed E-state index contributed by atoms with van der Waals surface area (Å²) >= 11 is 0. The Morgan fingerprint density at radius 3 is 1.32 bits per heavy atom. The summed E-state index contributed by atoms with van der Waals surface area (Å²) in [6, 6.07) is 0. The predicted octanol–water partition coefficient (Wildman–Crippen LogP) is -6.77. The second-order valence-electron chi connectivity index (χ2n) is 26.5. The van der Waals surface area contributed by atoms with E-state index >= 15 is 4.79 Å². The predicted molar refractivity (Wildman–Crippen MR) is 288 cm³/mol. The van der Waals surface area contributed by atoms with Crippen molar-refractivity contribution in [2.24, 2.45) is 28.1 Å². The normalized spacial score (nSPS) is 52.7. The fourth-order valence-corrected chi connectivity index (χ4v) is 15.8. The highest BCUT2D eigenvalue weighted by Gasteiger charge is 2.67. The molecule has 9 fully saturated rings. The highest BCUT2D eigenvalue weighted by atomic mass is 16.8. The molecule has 18 N–H and O–H groups in total. The molecule has 0 spiro atoms. The summed E-state index contributed by atoms with van der Waals surface area (Å²) in [6.45, 7) is 7.43. The monoisotopic (exact) mass is 1270 g/mol. The molecule has 0 amide bonds. The topological polar surface area (TPSA) is 492 Å². The average molecular weight is 1280 g/mol. The van der Waals surface area contributed by atoms with E-state index in [9.17, 15) is 91.9 Å². The Balaban J connectivity index is 0.995. The van der Waals surface area contributed by atoms with E-state index in [0.717, 1.165) is 0 Å². The molecule has 6 saturated heterocycles. The second kappa shape index (κ2) is 28.2. The van der Waals surface area contributed by atoms with Crippen LogP contribution < -0.4 is 0 Å². The first-order valence-electron chi connectivity index (χ1n) is 30.5. The van der Waals surface area contributed by atoms with Crippen LogP contribution in [0.3, 0.4) is 0 Å². The first kappa shape index (κ1) is 70.4. The minimum absolute atomic E-state index is 0.158. The fraction of sp³-hybridized carbons (Fsp3) is 0.947. The maximum Gasteiger partial charge on any atom is 0.314 e. The molecule has 88 heavy (non-hydrogen) atoms. The molecular formula is C57H94O31. The van der Waals surface area contributed by atoms with E-state index < -0.39 is 245 Å². The van der Waals surface area contributed by atoms with Crippen LogP contribution in [-0.4, -0.2) is 315 Å². The summed E-state index contributed by atoms with van der Waals surface area (Å²) < 4.78 is 73.6. The van der Waals surface area contributed by atoms with Crippen LogP contribution in [0.5, 0.6) is 0 Å². The van der Waals surface area contributed by atoms with Crippen LogP contribution in [0.2, 0.25) is 0 Å². The van der Waals surface area contributed by atoms with Crippen molar-refractivity contribution in [1.82, 2.24) is 0 Å². The summed E-state index contributed by atoms with van der Waals surface area (Å²) in [5, 5.41) is 194. The first-order valence-corrected chi connectivity index (χ1v) is 30.5. The molecule has 3 aliphatic carbocycles. The van der Waals surface area contributed by atoms with Crippen molar-refractivity contribution < 1.29 is 154 Å². The molecule has 9 aliphatic rings. The maximum absolute atomic E-state index is 15.4. The number of hydrogen-bond acceptors (Lipinski definition) is 31. The van der Waals surface area contributed by atoms with Crippen LogP contribution in [0.4, 0.5) is 0 Å². The molecule has 31 nitrogen and oxygen atoms in total. The molecule has 6 aliphatic heterocycles. The first-order chi connectivity index (χ1) is 41.6. The molecule has 0 bridgehead atoms. The lowest BCUT2D eigenvalue weighted by Crippen LogP contribution is -2.68. The number of fused-ring (bicyclic) bond motifs is 3. The Kier molecular flexibility index (Phi) is 22.5. The van der Waals surface area contributed by atoms with E-state index in [2.05, 4.69) is 20.4 Å². The number of aliphatic hydroxyl groups is 18. The lowest BCUT2D eigenvalue weighted by atomic mass is 9.40. The number of carbonyl (C=O) groups excluding carboxylic acids is 1. The van der Waals surface area contributed by atoms with Gasteiger partial charge in [0, 0.05) is 12.8 Å².